The number of rotatable bonds is 5. The molecule has 0 bridgehead atoms. The van der Waals surface area contributed by atoms with E-state index >= 15 is 0 Å². The fourth-order valence-electron chi connectivity index (χ4n) is 2.61. The van der Waals surface area contributed by atoms with E-state index in [1.54, 1.807) is 0 Å². The Morgan fingerprint density at radius 3 is 2.32 bits per heavy atom. The first kappa shape index (κ1) is 16.5. The average molecular weight is 304 g/mol. The Balaban J connectivity index is 1.82. The van der Waals surface area contributed by atoms with Gasteiger partial charge >= 0.3 is 6.03 Å². The molecule has 1 N–H and O–H groups in total. The summed E-state index contributed by atoms with van der Waals surface area (Å²) in [6.07, 6.45) is 2.15. The molecule has 1 aliphatic heterocycles. The summed E-state index contributed by atoms with van der Waals surface area (Å²) in [5, 5.41) is 2.99. The van der Waals surface area contributed by atoms with Gasteiger partial charge in [0.15, 0.2) is 0 Å². The topological polar surface area (TPSA) is 38.8 Å². The van der Waals surface area contributed by atoms with E-state index in [1.165, 1.54) is 11.4 Å². The monoisotopic (exact) mass is 304 g/mol. The Labute approximate surface area is 133 Å². The molecular formula is C17H28N4O. The molecule has 1 aromatic rings. The summed E-state index contributed by atoms with van der Waals surface area (Å²) in [6, 6.07) is 8.67. The SMILES string of the molecule is CCCCNC(=O)N1CCN(c2ccc(N(C)C)cc2)CC1. The second-order valence-electron chi connectivity index (χ2n) is 5.97. The lowest BCUT2D eigenvalue weighted by molar-refractivity contribution is 0.194. The van der Waals surface area contributed by atoms with Gasteiger partial charge in [-0.3, -0.25) is 0 Å². The van der Waals surface area contributed by atoms with E-state index < -0.39 is 0 Å². The first-order valence-corrected chi connectivity index (χ1v) is 8.17. The molecule has 2 rings (SSSR count). The van der Waals surface area contributed by atoms with E-state index in [4.69, 9.17) is 0 Å². The Bertz CT molecular complexity index is 464. The quantitative estimate of drug-likeness (QED) is 0.849. The highest BCUT2D eigenvalue weighted by Gasteiger charge is 2.20. The molecule has 0 unspecified atom stereocenters. The van der Waals surface area contributed by atoms with Crippen LogP contribution in [0.1, 0.15) is 19.8 Å². The molecule has 22 heavy (non-hydrogen) atoms. The average Bonchev–Trinajstić information content (AvgIpc) is 2.55. The molecule has 5 nitrogen and oxygen atoms in total. The zero-order chi connectivity index (χ0) is 15.9. The zero-order valence-corrected chi connectivity index (χ0v) is 14.0. The number of hydrogen-bond donors (Lipinski definition) is 1. The van der Waals surface area contributed by atoms with Crippen LogP contribution in [0.25, 0.3) is 0 Å². The van der Waals surface area contributed by atoms with Gasteiger partial charge in [0.1, 0.15) is 0 Å². The Kier molecular flexibility index (Phi) is 5.92. The summed E-state index contributed by atoms with van der Waals surface area (Å²) in [7, 11) is 4.09. The summed E-state index contributed by atoms with van der Waals surface area (Å²) in [6.45, 7) is 6.26. The van der Waals surface area contributed by atoms with Crippen LogP contribution in [0.5, 0.6) is 0 Å². The molecule has 122 valence electrons. The molecule has 1 heterocycles. The van der Waals surface area contributed by atoms with Crippen LogP contribution >= 0.6 is 0 Å². The third kappa shape index (κ3) is 4.29. The molecular weight excluding hydrogens is 276 g/mol. The molecule has 0 radical (unpaired) electrons. The molecule has 1 aliphatic rings. The van der Waals surface area contributed by atoms with Crippen LogP contribution in [0.3, 0.4) is 0 Å². The number of piperazine rings is 1. The number of nitrogens with one attached hydrogen (secondary N) is 1. The number of hydrogen-bond acceptors (Lipinski definition) is 3. The lowest BCUT2D eigenvalue weighted by atomic mass is 10.2. The minimum absolute atomic E-state index is 0.0797. The van der Waals surface area contributed by atoms with Crippen LogP contribution in [0.15, 0.2) is 24.3 Å². The maximum absolute atomic E-state index is 12.0. The number of anilines is 2. The third-order valence-corrected chi connectivity index (χ3v) is 4.10. The molecule has 1 fully saturated rings. The van der Waals surface area contributed by atoms with Crippen molar-refractivity contribution in [3.05, 3.63) is 24.3 Å². The van der Waals surface area contributed by atoms with Gasteiger partial charge in [-0.25, -0.2) is 4.79 Å². The number of urea groups is 1. The van der Waals surface area contributed by atoms with Gasteiger partial charge in [0.05, 0.1) is 0 Å². The highest BCUT2D eigenvalue weighted by molar-refractivity contribution is 5.74. The summed E-state index contributed by atoms with van der Waals surface area (Å²) < 4.78 is 0. The number of carbonyl (C=O) groups excluding carboxylic acids is 1. The van der Waals surface area contributed by atoms with E-state index in [0.29, 0.717) is 0 Å². The first-order chi connectivity index (χ1) is 10.6. The van der Waals surface area contributed by atoms with E-state index in [0.717, 1.165) is 45.6 Å². The molecule has 0 atom stereocenters. The molecule has 5 heteroatoms. The largest absolute Gasteiger partial charge is 0.378 e. The van der Waals surface area contributed by atoms with Gasteiger partial charge in [-0.2, -0.15) is 0 Å². The van der Waals surface area contributed by atoms with Crippen LogP contribution in [-0.4, -0.2) is 57.8 Å². The fraction of sp³-hybridized carbons (Fsp3) is 0.588. The summed E-state index contributed by atoms with van der Waals surface area (Å²) in [4.78, 5) is 18.4. The maximum Gasteiger partial charge on any atom is 0.317 e. The minimum atomic E-state index is 0.0797. The van der Waals surface area contributed by atoms with Gasteiger partial charge in [0, 0.05) is 58.2 Å². The first-order valence-electron chi connectivity index (χ1n) is 8.17. The number of amides is 2. The Morgan fingerprint density at radius 2 is 1.77 bits per heavy atom. The van der Waals surface area contributed by atoms with Gasteiger partial charge in [-0.05, 0) is 30.7 Å². The molecule has 2 amide bonds. The van der Waals surface area contributed by atoms with Crippen molar-refractivity contribution in [1.29, 1.82) is 0 Å². The van der Waals surface area contributed by atoms with Crippen molar-refractivity contribution in [3.8, 4) is 0 Å². The molecule has 1 saturated heterocycles. The lowest BCUT2D eigenvalue weighted by Crippen LogP contribution is -2.52. The van der Waals surface area contributed by atoms with Crippen LogP contribution in [0.4, 0.5) is 16.2 Å². The summed E-state index contributed by atoms with van der Waals surface area (Å²) >= 11 is 0. The summed E-state index contributed by atoms with van der Waals surface area (Å²) in [5.41, 5.74) is 2.44. The number of carbonyl (C=O) groups is 1. The second kappa shape index (κ2) is 7.92. The van der Waals surface area contributed by atoms with Crippen molar-refractivity contribution in [3.63, 3.8) is 0 Å². The van der Waals surface area contributed by atoms with Crippen LogP contribution in [-0.2, 0) is 0 Å². The van der Waals surface area contributed by atoms with Crippen LogP contribution in [0, 0.1) is 0 Å². The Morgan fingerprint density at radius 1 is 1.14 bits per heavy atom. The fourth-order valence-corrected chi connectivity index (χ4v) is 2.61. The predicted molar refractivity (Wildman–Crippen MR) is 92.9 cm³/mol. The van der Waals surface area contributed by atoms with Gasteiger partial charge in [-0.1, -0.05) is 13.3 Å². The smallest absolute Gasteiger partial charge is 0.317 e. The zero-order valence-electron chi connectivity index (χ0n) is 14.0. The molecule has 1 aromatic carbocycles. The standard InChI is InChI=1S/C17H28N4O/c1-4-5-10-18-17(22)21-13-11-20(12-14-21)16-8-6-15(7-9-16)19(2)3/h6-9H,4-5,10-14H2,1-3H3,(H,18,22). The van der Waals surface area contributed by atoms with Gasteiger partial charge in [0.2, 0.25) is 0 Å². The second-order valence-corrected chi connectivity index (χ2v) is 5.97. The normalized spacial score (nSPS) is 14.9. The number of unbranched alkanes of at least 4 members (excludes halogenated alkanes) is 1. The highest BCUT2D eigenvalue weighted by Crippen LogP contribution is 2.20. The van der Waals surface area contributed by atoms with Crippen molar-refractivity contribution in [2.24, 2.45) is 0 Å². The highest BCUT2D eigenvalue weighted by atomic mass is 16.2. The van der Waals surface area contributed by atoms with Gasteiger partial charge in [0.25, 0.3) is 0 Å². The van der Waals surface area contributed by atoms with Gasteiger partial charge in [-0.15, -0.1) is 0 Å². The molecule has 0 aliphatic carbocycles. The van der Waals surface area contributed by atoms with E-state index in [-0.39, 0.29) is 6.03 Å². The van der Waals surface area contributed by atoms with Crippen molar-refractivity contribution in [2.45, 2.75) is 19.8 Å². The van der Waals surface area contributed by atoms with E-state index in [2.05, 4.69) is 46.3 Å². The maximum atomic E-state index is 12.0. The van der Waals surface area contributed by atoms with Crippen LogP contribution < -0.4 is 15.1 Å². The van der Waals surface area contributed by atoms with Crippen molar-refractivity contribution in [1.82, 2.24) is 10.2 Å². The van der Waals surface area contributed by atoms with Crippen molar-refractivity contribution >= 4 is 17.4 Å². The summed E-state index contributed by atoms with van der Waals surface area (Å²) in [5.74, 6) is 0. The van der Waals surface area contributed by atoms with E-state index in [1.807, 2.05) is 19.0 Å². The van der Waals surface area contributed by atoms with E-state index in [9.17, 15) is 4.79 Å². The van der Waals surface area contributed by atoms with Crippen LogP contribution in [0.2, 0.25) is 0 Å². The van der Waals surface area contributed by atoms with Crippen molar-refractivity contribution in [2.75, 3.05) is 56.6 Å². The molecule has 0 aromatic heterocycles. The lowest BCUT2D eigenvalue weighted by Gasteiger charge is -2.36. The number of nitrogens with zero attached hydrogens (tertiary/aromatic N) is 3. The predicted octanol–water partition coefficient (Wildman–Crippen LogP) is 2.38. The number of benzene rings is 1. The van der Waals surface area contributed by atoms with Crippen molar-refractivity contribution < 1.29 is 4.79 Å². The Hall–Kier alpha value is -1.91. The van der Waals surface area contributed by atoms with Gasteiger partial charge < -0.3 is 20.0 Å². The molecule has 0 spiro atoms. The molecule has 0 saturated carbocycles. The minimum Gasteiger partial charge on any atom is -0.378 e. The third-order valence-electron chi connectivity index (χ3n) is 4.10.